The summed E-state index contributed by atoms with van der Waals surface area (Å²) in [5.41, 5.74) is 2.80. The van der Waals surface area contributed by atoms with Crippen LogP contribution in [-0.4, -0.2) is 67.3 Å². The molecule has 0 aliphatic heterocycles. The standard InChI is InChI=1S/C31H38N2O6S/c1-3-38-29(30(34)35)21-24-13-15-27(16-14-24)39-19-18-33(17-8-20-40-23-25-9-5-4-6-10-25)31(36)32-26-11-7-12-28(22-26)37-2/h4-7,9-16,22,29H,3,8,17-21,23H2,1-2H3,(H,32,36)(H,34,35). The molecule has 0 saturated carbocycles. The smallest absolute Gasteiger partial charge is 0.333 e. The summed E-state index contributed by atoms with van der Waals surface area (Å²) in [6.07, 6.45) is 0.256. The van der Waals surface area contributed by atoms with Gasteiger partial charge < -0.3 is 29.5 Å². The van der Waals surface area contributed by atoms with Crippen LogP contribution in [0.3, 0.4) is 0 Å². The van der Waals surface area contributed by atoms with Gasteiger partial charge in [0, 0.05) is 37.1 Å². The molecule has 8 nitrogen and oxygen atoms in total. The zero-order valence-corrected chi connectivity index (χ0v) is 23.9. The molecule has 0 aromatic heterocycles. The van der Waals surface area contributed by atoms with Crippen LogP contribution < -0.4 is 14.8 Å². The van der Waals surface area contributed by atoms with E-state index in [2.05, 4.69) is 17.4 Å². The Morgan fingerprint density at radius 1 is 0.950 bits per heavy atom. The molecule has 40 heavy (non-hydrogen) atoms. The summed E-state index contributed by atoms with van der Waals surface area (Å²) in [4.78, 5) is 26.3. The van der Waals surface area contributed by atoms with Crippen LogP contribution in [0.2, 0.25) is 0 Å². The first-order valence-corrected chi connectivity index (χ1v) is 14.5. The van der Waals surface area contributed by atoms with Gasteiger partial charge in [0.2, 0.25) is 0 Å². The van der Waals surface area contributed by atoms with Gasteiger partial charge in [-0.15, -0.1) is 0 Å². The summed E-state index contributed by atoms with van der Waals surface area (Å²) in [6.45, 7) is 3.43. The molecular weight excluding hydrogens is 528 g/mol. The van der Waals surface area contributed by atoms with Crippen LogP contribution in [0, 0.1) is 0 Å². The van der Waals surface area contributed by atoms with E-state index in [1.807, 2.05) is 60.3 Å². The molecule has 3 rings (SSSR count). The molecule has 1 atom stereocenters. The number of hydrogen-bond acceptors (Lipinski definition) is 6. The molecule has 2 amide bonds. The minimum absolute atomic E-state index is 0.198. The quantitative estimate of drug-likeness (QED) is 0.195. The number of thioether (sulfide) groups is 1. The lowest BCUT2D eigenvalue weighted by Gasteiger charge is -2.23. The third-order valence-corrected chi connectivity index (χ3v) is 7.17. The van der Waals surface area contributed by atoms with Crippen molar-refractivity contribution in [3.63, 3.8) is 0 Å². The number of carboxylic acid groups (broad SMARTS) is 1. The fourth-order valence-electron chi connectivity index (χ4n) is 3.97. The van der Waals surface area contributed by atoms with E-state index in [-0.39, 0.29) is 12.5 Å². The maximum Gasteiger partial charge on any atom is 0.333 e. The molecule has 2 N–H and O–H groups in total. The van der Waals surface area contributed by atoms with E-state index in [1.165, 1.54) is 5.56 Å². The first kappa shape index (κ1) is 30.8. The van der Waals surface area contributed by atoms with Crippen LogP contribution in [0.25, 0.3) is 0 Å². The van der Waals surface area contributed by atoms with Crippen molar-refractivity contribution in [2.24, 2.45) is 0 Å². The number of aliphatic carboxylic acids is 1. The van der Waals surface area contributed by atoms with Gasteiger partial charge in [0.1, 0.15) is 18.1 Å². The Morgan fingerprint density at radius 3 is 2.42 bits per heavy atom. The highest BCUT2D eigenvalue weighted by Crippen LogP contribution is 2.18. The predicted octanol–water partition coefficient (Wildman–Crippen LogP) is 5.96. The maximum absolute atomic E-state index is 13.1. The summed E-state index contributed by atoms with van der Waals surface area (Å²) in [7, 11) is 1.59. The topological polar surface area (TPSA) is 97.3 Å². The first-order chi connectivity index (χ1) is 19.5. The van der Waals surface area contributed by atoms with Crippen molar-refractivity contribution < 1.29 is 28.9 Å². The van der Waals surface area contributed by atoms with E-state index < -0.39 is 12.1 Å². The molecule has 0 spiro atoms. The van der Waals surface area contributed by atoms with Gasteiger partial charge in [-0.3, -0.25) is 0 Å². The number of methoxy groups -OCH3 is 1. The van der Waals surface area contributed by atoms with Crippen LogP contribution in [-0.2, 0) is 21.7 Å². The highest BCUT2D eigenvalue weighted by Gasteiger charge is 2.18. The van der Waals surface area contributed by atoms with E-state index in [9.17, 15) is 14.7 Å². The fraction of sp³-hybridized carbons (Fsp3) is 0.355. The summed E-state index contributed by atoms with van der Waals surface area (Å²) < 4.78 is 16.5. The number of carbonyl (C=O) groups excluding carboxylic acids is 1. The van der Waals surface area contributed by atoms with Gasteiger partial charge >= 0.3 is 12.0 Å². The number of urea groups is 1. The molecule has 9 heteroatoms. The van der Waals surface area contributed by atoms with Crippen LogP contribution in [0.4, 0.5) is 10.5 Å². The Bertz CT molecular complexity index is 1180. The Hall–Kier alpha value is -3.69. The van der Waals surface area contributed by atoms with Crippen molar-refractivity contribution in [3.05, 3.63) is 90.0 Å². The fourth-order valence-corrected chi connectivity index (χ4v) is 4.87. The normalized spacial score (nSPS) is 11.4. The lowest BCUT2D eigenvalue weighted by Crippen LogP contribution is -2.38. The third-order valence-electron chi connectivity index (χ3n) is 6.05. The second-order valence-electron chi connectivity index (χ2n) is 9.02. The Balaban J connectivity index is 1.52. The van der Waals surface area contributed by atoms with Crippen molar-refractivity contribution in [1.29, 1.82) is 0 Å². The van der Waals surface area contributed by atoms with Gasteiger partial charge in [0.25, 0.3) is 0 Å². The number of carboxylic acids is 1. The van der Waals surface area contributed by atoms with E-state index in [0.717, 1.165) is 23.5 Å². The molecule has 0 heterocycles. The lowest BCUT2D eigenvalue weighted by molar-refractivity contribution is -0.149. The van der Waals surface area contributed by atoms with Crippen LogP contribution in [0.15, 0.2) is 78.9 Å². The van der Waals surface area contributed by atoms with Gasteiger partial charge in [-0.25, -0.2) is 9.59 Å². The number of nitrogens with zero attached hydrogens (tertiary/aromatic N) is 1. The molecule has 0 bridgehead atoms. The minimum Gasteiger partial charge on any atom is -0.497 e. The zero-order valence-electron chi connectivity index (χ0n) is 23.1. The molecule has 0 aliphatic carbocycles. The van der Waals surface area contributed by atoms with E-state index in [1.54, 1.807) is 37.1 Å². The van der Waals surface area contributed by atoms with E-state index >= 15 is 0 Å². The lowest BCUT2D eigenvalue weighted by atomic mass is 10.1. The number of carbonyl (C=O) groups is 2. The van der Waals surface area contributed by atoms with Gasteiger partial charge in [0.05, 0.1) is 13.7 Å². The van der Waals surface area contributed by atoms with E-state index in [4.69, 9.17) is 14.2 Å². The van der Waals surface area contributed by atoms with E-state index in [0.29, 0.717) is 43.5 Å². The molecule has 3 aromatic rings. The number of ether oxygens (including phenoxy) is 3. The van der Waals surface area contributed by atoms with Gasteiger partial charge in [-0.1, -0.05) is 48.5 Å². The molecule has 0 saturated heterocycles. The average molecular weight is 567 g/mol. The SMILES string of the molecule is CCOC(Cc1ccc(OCCN(CCCSCc2ccccc2)C(=O)Nc2cccc(OC)c2)cc1)C(=O)O. The van der Waals surface area contributed by atoms with Crippen LogP contribution in [0.1, 0.15) is 24.5 Å². The summed E-state index contributed by atoms with van der Waals surface area (Å²) in [6, 6.07) is 24.7. The summed E-state index contributed by atoms with van der Waals surface area (Å²) in [5, 5.41) is 12.3. The number of hydrogen-bond donors (Lipinski definition) is 2. The van der Waals surface area contributed by atoms with Crippen molar-refractivity contribution in [1.82, 2.24) is 4.90 Å². The second-order valence-corrected chi connectivity index (χ2v) is 10.1. The zero-order chi connectivity index (χ0) is 28.6. The average Bonchev–Trinajstić information content (AvgIpc) is 2.97. The Kier molecular flexibility index (Phi) is 13.2. The largest absolute Gasteiger partial charge is 0.497 e. The third kappa shape index (κ3) is 10.8. The number of rotatable bonds is 17. The maximum atomic E-state index is 13.1. The number of amides is 2. The molecule has 0 fully saturated rings. The van der Waals surface area contributed by atoms with Gasteiger partial charge in [0.15, 0.2) is 6.10 Å². The summed E-state index contributed by atoms with van der Waals surface area (Å²) >= 11 is 1.85. The monoisotopic (exact) mass is 566 g/mol. The molecule has 1 unspecified atom stereocenters. The minimum atomic E-state index is -0.979. The Labute approximate surface area is 240 Å². The van der Waals surface area contributed by atoms with Gasteiger partial charge in [-0.2, -0.15) is 11.8 Å². The van der Waals surface area contributed by atoms with Crippen molar-refractivity contribution >= 4 is 29.4 Å². The van der Waals surface area contributed by atoms with Crippen molar-refractivity contribution in [2.45, 2.75) is 31.6 Å². The molecular formula is C31H38N2O6S. The number of benzene rings is 3. The number of anilines is 1. The molecule has 0 aliphatic rings. The van der Waals surface area contributed by atoms with Crippen LogP contribution >= 0.6 is 11.8 Å². The highest BCUT2D eigenvalue weighted by atomic mass is 32.2. The van der Waals surface area contributed by atoms with Gasteiger partial charge in [-0.05, 0) is 54.5 Å². The van der Waals surface area contributed by atoms with Crippen molar-refractivity contribution in [3.8, 4) is 11.5 Å². The number of nitrogens with one attached hydrogen (secondary N) is 1. The van der Waals surface area contributed by atoms with Crippen LogP contribution in [0.5, 0.6) is 11.5 Å². The summed E-state index contributed by atoms with van der Waals surface area (Å²) in [5.74, 6) is 2.21. The second kappa shape index (κ2) is 17.1. The van der Waals surface area contributed by atoms with Crippen molar-refractivity contribution in [2.75, 3.05) is 44.5 Å². The molecule has 214 valence electrons. The first-order valence-electron chi connectivity index (χ1n) is 13.4. The molecule has 0 radical (unpaired) electrons. The highest BCUT2D eigenvalue weighted by molar-refractivity contribution is 7.98. The molecule has 3 aromatic carbocycles. The Morgan fingerprint density at radius 2 is 1.73 bits per heavy atom. The predicted molar refractivity (Wildman–Crippen MR) is 159 cm³/mol.